The van der Waals surface area contributed by atoms with Crippen LogP contribution in [-0.2, 0) is 37.0 Å². The first-order valence-corrected chi connectivity index (χ1v) is 18.8. The number of hydrogen-bond donors (Lipinski definition) is 4. The third-order valence-corrected chi connectivity index (χ3v) is 11.1. The number of nitrogens with one attached hydrogen (secondary N) is 2. The number of imidazole rings is 1. The van der Waals surface area contributed by atoms with E-state index in [4.69, 9.17) is 4.74 Å². The van der Waals surface area contributed by atoms with E-state index >= 15 is 0 Å². The third kappa shape index (κ3) is 11.6. The summed E-state index contributed by atoms with van der Waals surface area (Å²) >= 11 is 0. The van der Waals surface area contributed by atoms with Crippen LogP contribution in [0.1, 0.15) is 71.2 Å². The summed E-state index contributed by atoms with van der Waals surface area (Å²) in [6.07, 6.45) is 1.94. The molecule has 52 heavy (non-hydrogen) atoms. The Balaban J connectivity index is 1.69. The summed E-state index contributed by atoms with van der Waals surface area (Å²) in [6, 6.07) is 11.7. The van der Waals surface area contributed by atoms with Crippen LogP contribution in [0.3, 0.4) is 0 Å². The number of benzene rings is 2. The smallest absolute Gasteiger partial charge is 0.419 e. The summed E-state index contributed by atoms with van der Waals surface area (Å²) in [5, 5.41) is 27.5. The molecule has 14 heteroatoms. The molecule has 0 saturated heterocycles. The van der Waals surface area contributed by atoms with E-state index < -0.39 is 74.0 Å². The quantitative estimate of drug-likeness (QED) is 0.178. The van der Waals surface area contributed by atoms with Gasteiger partial charge in [0.2, 0.25) is 11.8 Å². The van der Waals surface area contributed by atoms with E-state index in [-0.39, 0.29) is 30.0 Å². The maximum absolute atomic E-state index is 14.2. The van der Waals surface area contributed by atoms with Gasteiger partial charge in [-0.2, -0.15) is 0 Å². The second kappa shape index (κ2) is 16.5. The van der Waals surface area contributed by atoms with Crippen molar-refractivity contribution in [3.05, 3.63) is 95.3 Å². The first-order chi connectivity index (χ1) is 24.2. The summed E-state index contributed by atoms with van der Waals surface area (Å²) in [6.45, 7) is 9.70. The monoisotopic (exact) mass is 740 g/mol. The molecule has 12 nitrogen and oxygen atoms in total. The minimum absolute atomic E-state index is 0.0217. The number of hydrogen-bond acceptors (Lipinski definition) is 9. The van der Waals surface area contributed by atoms with Gasteiger partial charge in [-0.1, -0.05) is 42.5 Å². The molecular formula is C38H49FN4O8S. The number of ether oxygens (including phenoxy) is 1. The zero-order valence-electron chi connectivity index (χ0n) is 30.4. The Kier molecular flexibility index (Phi) is 12.8. The van der Waals surface area contributed by atoms with Gasteiger partial charge in [-0.05, 0) is 96.1 Å². The normalized spacial score (nSPS) is 16.4. The molecule has 4 atom stereocenters. The number of rotatable bonds is 14. The number of nitrogens with zero attached hydrogens (tertiary/aromatic N) is 2. The highest BCUT2D eigenvalue weighted by Crippen LogP contribution is 2.35. The van der Waals surface area contributed by atoms with E-state index in [9.17, 15) is 37.4 Å². The Bertz CT molecular complexity index is 1840. The van der Waals surface area contributed by atoms with Crippen LogP contribution < -0.4 is 10.6 Å². The molecule has 1 saturated carbocycles. The van der Waals surface area contributed by atoms with E-state index in [1.54, 1.807) is 51.1 Å². The van der Waals surface area contributed by atoms with Gasteiger partial charge in [0.1, 0.15) is 29.9 Å². The number of halogens is 1. The van der Waals surface area contributed by atoms with Crippen molar-refractivity contribution in [1.82, 2.24) is 20.2 Å². The number of amides is 2. The summed E-state index contributed by atoms with van der Waals surface area (Å²) in [7, 11) is -3.86. The van der Waals surface area contributed by atoms with E-state index in [2.05, 4.69) is 15.6 Å². The van der Waals surface area contributed by atoms with E-state index in [0.29, 0.717) is 24.0 Å². The van der Waals surface area contributed by atoms with Crippen molar-refractivity contribution in [2.75, 3.05) is 5.75 Å². The van der Waals surface area contributed by atoms with Crippen molar-refractivity contribution in [1.29, 1.82) is 0 Å². The van der Waals surface area contributed by atoms with Gasteiger partial charge in [0.05, 0.1) is 28.3 Å². The largest absolute Gasteiger partial charge is 0.443 e. The predicted octanol–water partition coefficient (Wildman–Crippen LogP) is 3.99. The molecule has 0 bridgehead atoms. The Labute approximate surface area is 304 Å². The summed E-state index contributed by atoms with van der Waals surface area (Å²) in [5.41, 5.74) is 0.440. The Morgan fingerprint density at radius 2 is 1.62 bits per heavy atom. The Hall–Kier alpha value is -4.40. The molecule has 2 aromatic carbocycles. The highest BCUT2D eigenvalue weighted by molar-refractivity contribution is 7.92. The van der Waals surface area contributed by atoms with Crippen molar-refractivity contribution >= 4 is 33.8 Å². The summed E-state index contributed by atoms with van der Waals surface area (Å²) in [4.78, 5) is 45.1. The summed E-state index contributed by atoms with van der Waals surface area (Å²) < 4.78 is 45.7. The van der Waals surface area contributed by atoms with Gasteiger partial charge >= 0.3 is 6.09 Å². The zero-order valence-corrected chi connectivity index (χ0v) is 31.2. The zero-order chi connectivity index (χ0) is 38.4. The minimum Gasteiger partial charge on any atom is -0.443 e. The molecule has 0 aliphatic heterocycles. The number of carbonyl (C=O) groups is 3. The number of aromatic nitrogens is 2. The highest BCUT2D eigenvalue weighted by atomic mass is 32.2. The molecule has 1 fully saturated rings. The lowest BCUT2D eigenvalue weighted by Crippen LogP contribution is -2.56. The Morgan fingerprint density at radius 1 is 0.981 bits per heavy atom. The first kappa shape index (κ1) is 40.4. The fraction of sp³-hybridized carbons (Fsp3) is 0.474. The molecule has 1 aliphatic rings. The summed E-state index contributed by atoms with van der Waals surface area (Å²) in [5.74, 6) is -2.85. The SMILES string of the molecule is CC(C)(C)OC(=O)n1cnc(C[C@H](NC(=O)C(=Cc2ccccc2)CS(=O)(=O)C(C)(C)C)C(=O)N[C@@H](Cc2ccc(F)cc2)[C@@H](O)[C@@H](O)C2CC2)c1. The van der Waals surface area contributed by atoms with Gasteiger partial charge in [-0.25, -0.2) is 27.2 Å². The van der Waals surface area contributed by atoms with E-state index in [0.717, 1.165) is 4.57 Å². The molecule has 1 aromatic heterocycles. The number of carbonyl (C=O) groups excluding carboxylic acids is 3. The maximum atomic E-state index is 14.2. The maximum Gasteiger partial charge on any atom is 0.419 e. The molecular weight excluding hydrogens is 692 g/mol. The van der Waals surface area contributed by atoms with Crippen LogP contribution in [-0.4, -0.2) is 86.5 Å². The van der Waals surface area contributed by atoms with Crippen LogP contribution in [0, 0.1) is 11.7 Å². The van der Waals surface area contributed by atoms with Gasteiger partial charge < -0.3 is 25.6 Å². The molecule has 1 heterocycles. The fourth-order valence-electron chi connectivity index (χ4n) is 5.27. The van der Waals surface area contributed by atoms with Crippen molar-refractivity contribution in [2.45, 2.75) is 102 Å². The van der Waals surface area contributed by atoms with Crippen LogP contribution in [0.2, 0.25) is 0 Å². The van der Waals surface area contributed by atoms with Gasteiger partial charge in [0.15, 0.2) is 9.84 Å². The molecule has 282 valence electrons. The fourth-order valence-corrected chi connectivity index (χ4v) is 6.32. The second-order valence-corrected chi connectivity index (χ2v) is 17.9. The number of aliphatic hydroxyl groups is 2. The molecule has 3 aromatic rings. The van der Waals surface area contributed by atoms with Crippen LogP contribution in [0.4, 0.5) is 9.18 Å². The van der Waals surface area contributed by atoms with Crippen molar-refractivity contribution in [3.63, 3.8) is 0 Å². The molecule has 4 rings (SSSR count). The first-order valence-electron chi connectivity index (χ1n) is 17.2. The van der Waals surface area contributed by atoms with Crippen LogP contribution in [0.5, 0.6) is 0 Å². The van der Waals surface area contributed by atoms with Gasteiger partial charge in [-0.15, -0.1) is 0 Å². The van der Waals surface area contributed by atoms with Crippen LogP contribution in [0.15, 0.2) is 72.7 Å². The van der Waals surface area contributed by atoms with Crippen molar-refractivity contribution in [3.8, 4) is 0 Å². The molecule has 0 spiro atoms. The predicted molar refractivity (Wildman–Crippen MR) is 194 cm³/mol. The lowest BCUT2D eigenvalue weighted by atomic mass is 9.95. The Morgan fingerprint density at radius 3 is 2.19 bits per heavy atom. The van der Waals surface area contributed by atoms with E-state index in [1.165, 1.54) is 63.6 Å². The number of aliphatic hydroxyl groups excluding tert-OH is 2. The average Bonchev–Trinajstić information content (AvgIpc) is 3.80. The molecule has 4 N–H and O–H groups in total. The second-order valence-electron chi connectivity index (χ2n) is 15.2. The average molecular weight is 741 g/mol. The van der Waals surface area contributed by atoms with E-state index in [1.807, 2.05) is 0 Å². The minimum atomic E-state index is -3.86. The molecule has 1 aliphatic carbocycles. The van der Waals surface area contributed by atoms with Gasteiger partial charge in [-0.3, -0.25) is 9.59 Å². The van der Waals surface area contributed by atoms with Crippen molar-refractivity contribution < 1.29 is 42.1 Å². The molecule has 2 amide bonds. The van der Waals surface area contributed by atoms with Gasteiger partial charge in [0, 0.05) is 18.2 Å². The van der Waals surface area contributed by atoms with Crippen molar-refractivity contribution in [2.24, 2.45) is 5.92 Å². The highest BCUT2D eigenvalue weighted by Gasteiger charge is 2.40. The topological polar surface area (TPSA) is 177 Å². The lowest BCUT2D eigenvalue weighted by molar-refractivity contribution is -0.129. The standard InChI is InChI=1S/C38H49FN4O8S/c1-37(2,3)51-36(48)43-21-29(40-23-43)20-31(42-34(46)27(18-24-10-8-7-9-11-24)22-52(49,50)38(4,5)6)35(47)41-30(33(45)32(44)26-14-15-26)19-25-12-16-28(39)17-13-25/h7-13,16-18,21,23,26,30-33,44-45H,14-15,19-20,22H2,1-6H3,(H,41,47)(H,42,46)/t30-,31-,32-,33+/m0/s1. The van der Waals surface area contributed by atoms with Crippen LogP contribution >= 0.6 is 0 Å². The molecule has 0 unspecified atom stereocenters. The van der Waals surface area contributed by atoms with Crippen LogP contribution in [0.25, 0.3) is 6.08 Å². The third-order valence-electron chi connectivity index (χ3n) is 8.55. The molecule has 0 radical (unpaired) electrons. The number of sulfone groups is 1. The van der Waals surface area contributed by atoms with Gasteiger partial charge in [0.25, 0.3) is 0 Å². The lowest BCUT2D eigenvalue weighted by Gasteiger charge is -2.30.